The van der Waals surface area contributed by atoms with Crippen LogP contribution in [0.1, 0.15) is 32.1 Å². The molecule has 160 valence electrons. The maximum Gasteiger partial charge on any atom is 0.291 e. The Hall–Kier alpha value is -3.03. The first-order valence-corrected chi connectivity index (χ1v) is 11.8. The molecule has 0 aliphatic carbocycles. The van der Waals surface area contributed by atoms with Crippen molar-refractivity contribution in [2.45, 2.75) is 26.2 Å². The summed E-state index contributed by atoms with van der Waals surface area (Å²) in [4.78, 5) is 18.0. The first-order chi connectivity index (χ1) is 15.3. The molecule has 5 aromatic rings. The third-order valence-corrected chi connectivity index (χ3v) is 6.65. The summed E-state index contributed by atoms with van der Waals surface area (Å²) in [7, 11) is 0. The van der Waals surface area contributed by atoms with Crippen molar-refractivity contribution in [3.8, 4) is 22.7 Å². The van der Waals surface area contributed by atoms with Crippen LogP contribution in [0.5, 0.6) is 0 Å². The largest absolute Gasteiger partial charge is 0.457 e. The van der Waals surface area contributed by atoms with Gasteiger partial charge in [0, 0.05) is 21.7 Å². The quantitative estimate of drug-likeness (QED) is 0.316. The first kappa shape index (κ1) is 20.8. The Morgan fingerprint density at radius 2 is 1.81 bits per heavy atom. The van der Waals surface area contributed by atoms with Gasteiger partial charge in [0.25, 0.3) is 5.56 Å². The minimum absolute atomic E-state index is 0.0795. The maximum atomic E-state index is 12.9. The number of thiazole rings is 1. The van der Waals surface area contributed by atoms with E-state index in [0.29, 0.717) is 21.1 Å². The van der Waals surface area contributed by atoms with E-state index >= 15 is 0 Å². The van der Waals surface area contributed by atoms with Gasteiger partial charge >= 0.3 is 0 Å². The number of benzene rings is 2. The molecule has 0 aliphatic heterocycles. The molecule has 5 nitrogen and oxygen atoms in total. The third-order valence-electron chi connectivity index (χ3n) is 5.20. The zero-order valence-electron chi connectivity index (χ0n) is 17.8. The second kappa shape index (κ2) is 7.83. The number of hydrogen-bond donors (Lipinski definition) is 0. The summed E-state index contributed by atoms with van der Waals surface area (Å²) in [5.41, 5.74) is 2.98. The molecule has 0 bridgehead atoms. The van der Waals surface area contributed by atoms with Gasteiger partial charge in [0.15, 0.2) is 5.82 Å². The second-order valence-corrected chi connectivity index (χ2v) is 10.5. The van der Waals surface area contributed by atoms with Crippen molar-refractivity contribution in [3.63, 3.8) is 0 Å². The lowest BCUT2D eigenvalue weighted by atomic mass is 9.87. The number of hydrogen-bond acceptors (Lipinski definition) is 5. The summed E-state index contributed by atoms with van der Waals surface area (Å²) < 4.78 is 8.80. The van der Waals surface area contributed by atoms with E-state index in [1.165, 1.54) is 21.4 Å². The van der Waals surface area contributed by atoms with Crippen LogP contribution in [0.4, 0.5) is 0 Å². The Bertz CT molecular complexity index is 1540. The molecule has 3 aromatic heterocycles. The normalized spacial score (nSPS) is 12.7. The molecule has 3 heterocycles. The monoisotopic (exact) mass is 505 g/mol. The number of aromatic nitrogens is 3. The van der Waals surface area contributed by atoms with E-state index < -0.39 is 0 Å². The van der Waals surface area contributed by atoms with Gasteiger partial charge in [-0.3, -0.25) is 4.79 Å². The Balaban J connectivity index is 1.47. The van der Waals surface area contributed by atoms with Crippen molar-refractivity contribution in [3.05, 3.63) is 91.3 Å². The zero-order valence-corrected chi connectivity index (χ0v) is 20.2. The number of halogens is 1. The molecule has 5 rings (SSSR count). The molecule has 0 spiro atoms. The molecule has 0 aliphatic rings. The van der Waals surface area contributed by atoms with Gasteiger partial charge in [-0.15, -0.1) is 5.10 Å². The summed E-state index contributed by atoms with van der Waals surface area (Å²) >= 11 is 4.78. The average Bonchev–Trinajstić information content (AvgIpc) is 3.45. The molecule has 2 aromatic carbocycles. The van der Waals surface area contributed by atoms with Crippen molar-refractivity contribution in [1.82, 2.24) is 14.6 Å². The van der Waals surface area contributed by atoms with E-state index in [9.17, 15) is 4.79 Å². The van der Waals surface area contributed by atoms with Crippen LogP contribution >= 0.6 is 27.3 Å². The lowest BCUT2D eigenvalue weighted by molar-refractivity contribution is 0.571. The van der Waals surface area contributed by atoms with Crippen molar-refractivity contribution in [2.75, 3.05) is 0 Å². The number of rotatable bonds is 3. The molecule has 0 N–H and O–H groups in total. The predicted octanol–water partition coefficient (Wildman–Crippen LogP) is 5.69. The highest BCUT2D eigenvalue weighted by Crippen LogP contribution is 2.26. The number of furan rings is 1. The van der Waals surface area contributed by atoms with Crippen molar-refractivity contribution < 1.29 is 4.42 Å². The SMILES string of the molecule is CC(C)(C)c1ccc(-c2nc3s/c(=C/c4ccc(-c5cccc(Br)c5)o4)c(=O)n3n2)cc1. The van der Waals surface area contributed by atoms with Crippen LogP contribution in [-0.2, 0) is 5.41 Å². The molecule has 0 amide bonds. The summed E-state index contributed by atoms with van der Waals surface area (Å²) in [5.74, 6) is 1.90. The number of nitrogens with zero attached hydrogens (tertiary/aromatic N) is 3. The van der Waals surface area contributed by atoms with Crippen molar-refractivity contribution >= 4 is 38.3 Å². The van der Waals surface area contributed by atoms with Gasteiger partial charge in [0.05, 0.1) is 0 Å². The molecule has 0 unspecified atom stereocenters. The average molecular weight is 506 g/mol. The van der Waals surface area contributed by atoms with E-state index in [1.54, 1.807) is 6.08 Å². The highest BCUT2D eigenvalue weighted by Gasteiger charge is 2.16. The molecule has 7 heteroatoms. The fraction of sp³-hybridized carbons (Fsp3) is 0.160. The Morgan fingerprint density at radius 1 is 1.03 bits per heavy atom. The van der Waals surface area contributed by atoms with Gasteiger partial charge in [0.1, 0.15) is 16.1 Å². The van der Waals surface area contributed by atoms with E-state index in [1.807, 2.05) is 48.5 Å². The Kier molecular flexibility index (Phi) is 5.10. The molecule has 0 saturated heterocycles. The Labute approximate surface area is 197 Å². The molecule has 32 heavy (non-hydrogen) atoms. The van der Waals surface area contributed by atoms with Crippen LogP contribution in [0.2, 0.25) is 0 Å². The van der Waals surface area contributed by atoms with E-state index in [4.69, 9.17) is 4.42 Å². The standard InChI is InChI=1S/C25H20BrN3O2S/c1-25(2,3)17-9-7-15(8-10-17)22-27-24-29(28-22)23(30)21(32-24)14-19-11-12-20(31-19)16-5-4-6-18(26)13-16/h4-14H,1-3H3/b21-14+. The smallest absolute Gasteiger partial charge is 0.291 e. The molecule has 0 radical (unpaired) electrons. The van der Waals surface area contributed by atoms with Crippen molar-refractivity contribution in [1.29, 1.82) is 0 Å². The molecular formula is C25H20BrN3O2S. The zero-order chi connectivity index (χ0) is 22.5. The molecule has 0 saturated carbocycles. The summed E-state index contributed by atoms with van der Waals surface area (Å²) in [5, 5.41) is 4.45. The first-order valence-electron chi connectivity index (χ1n) is 10.2. The Morgan fingerprint density at radius 3 is 2.50 bits per heavy atom. The van der Waals surface area contributed by atoms with Gasteiger partial charge in [-0.05, 0) is 35.2 Å². The topological polar surface area (TPSA) is 60.4 Å². The highest BCUT2D eigenvalue weighted by atomic mass is 79.9. The molecular weight excluding hydrogens is 486 g/mol. The van der Waals surface area contributed by atoms with Gasteiger partial charge in [0.2, 0.25) is 4.96 Å². The van der Waals surface area contributed by atoms with Crippen LogP contribution in [0, 0.1) is 0 Å². The van der Waals surface area contributed by atoms with Crippen LogP contribution in [0.15, 0.2) is 74.3 Å². The third kappa shape index (κ3) is 3.94. The van der Waals surface area contributed by atoms with Gasteiger partial charge < -0.3 is 4.42 Å². The summed E-state index contributed by atoms with van der Waals surface area (Å²) in [6.45, 7) is 6.53. The number of fused-ring (bicyclic) bond motifs is 1. The lowest BCUT2D eigenvalue weighted by Crippen LogP contribution is -2.23. The van der Waals surface area contributed by atoms with Crippen LogP contribution in [0.3, 0.4) is 0 Å². The van der Waals surface area contributed by atoms with Crippen LogP contribution in [-0.4, -0.2) is 14.6 Å². The fourth-order valence-corrected chi connectivity index (χ4v) is 4.72. The fourth-order valence-electron chi connectivity index (χ4n) is 3.43. The second-order valence-electron chi connectivity index (χ2n) is 8.59. The van der Waals surface area contributed by atoms with E-state index in [2.05, 4.69) is 58.9 Å². The van der Waals surface area contributed by atoms with Gasteiger partial charge in [-0.25, -0.2) is 0 Å². The van der Waals surface area contributed by atoms with E-state index in [-0.39, 0.29) is 11.0 Å². The van der Waals surface area contributed by atoms with Crippen LogP contribution < -0.4 is 10.1 Å². The highest BCUT2D eigenvalue weighted by molar-refractivity contribution is 9.10. The van der Waals surface area contributed by atoms with Crippen LogP contribution in [0.25, 0.3) is 33.7 Å². The van der Waals surface area contributed by atoms with Gasteiger partial charge in [-0.2, -0.15) is 9.50 Å². The molecule has 0 fully saturated rings. The van der Waals surface area contributed by atoms with E-state index in [0.717, 1.165) is 21.4 Å². The predicted molar refractivity (Wildman–Crippen MR) is 132 cm³/mol. The molecule has 0 atom stereocenters. The maximum absolute atomic E-state index is 12.9. The van der Waals surface area contributed by atoms with Crippen molar-refractivity contribution in [2.24, 2.45) is 0 Å². The summed E-state index contributed by atoms with van der Waals surface area (Å²) in [6, 6.07) is 19.8. The lowest BCUT2D eigenvalue weighted by Gasteiger charge is -2.18. The minimum atomic E-state index is -0.199. The summed E-state index contributed by atoms with van der Waals surface area (Å²) in [6.07, 6.45) is 1.74. The minimum Gasteiger partial charge on any atom is -0.457 e. The van der Waals surface area contributed by atoms with Gasteiger partial charge in [-0.1, -0.05) is 84.4 Å².